The van der Waals surface area contributed by atoms with Gasteiger partial charge < -0.3 is 14.6 Å². The van der Waals surface area contributed by atoms with E-state index >= 15 is 4.39 Å². The number of hydrogen-bond donors (Lipinski definition) is 1. The second-order valence-corrected chi connectivity index (χ2v) is 10.6. The van der Waals surface area contributed by atoms with Crippen LogP contribution in [0.5, 0.6) is 5.75 Å². The van der Waals surface area contributed by atoms with Crippen LogP contribution in [0.25, 0.3) is 0 Å². The quantitative estimate of drug-likeness (QED) is 0.386. The topological polar surface area (TPSA) is 62.5 Å². The van der Waals surface area contributed by atoms with Crippen LogP contribution in [0.3, 0.4) is 0 Å². The van der Waals surface area contributed by atoms with Crippen molar-refractivity contribution in [2.75, 3.05) is 6.54 Å². The van der Waals surface area contributed by atoms with E-state index in [-0.39, 0.29) is 6.54 Å². The van der Waals surface area contributed by atoms with Gasteiger partial charge in [0.25, 0.3) is 5.91 Å². The Hall–Kier alpha value is -2.79. The third-order valence-corrected chi connectivity index (χ3v) is 8.66. The Balaban J connectivity index is 1.82. The number of rotatable bonds is 2. The number of carbonyl (C=O) groups is 1. The number of halogens is 5. The number of aromatic nitrogens is 1. The lowest BCUT2D eigenvalue weighted by molar-refractivity contribution is -0.174. The summed E-state index contributed by atoms with van der Waals surface area (Å²) >= 11 is 4.86. The average Bonchev–Trinajstić information content (AvgIpc) is 2.99. The Morgan fingerprint density at radius 2 is 1.86 bits per heavy atom. The summed E-state index contributed by atoms with van der Waals surface area (Å²) in [7, 11) is 0. The Morgan fingerprint density at radius 1 is 1.14 bits per heavy atom. The summed E-state index contributed by atoms with van der Waals surface area (Å²) in [5.41, 5.74) is 0.762. The van der Waals surface area contributed by atoms with Gasteiger partial charge in [0.1, 0.15) is 11.9 Å². The van der Waals surface area contributed by atoms with Crippen LogP contribution in [0.15, 0.2) is 62.8 Å². The highest BCUT2D eigenvalue weighted by Gasteiger charge is 2.48. The van der Waals surface area contributed by atoms with Crippen LogP contribution < -0.4 is 5.43 Å². The molecule has 0 spiro atoms. The largest absolute Gasteiger partial charge is 0.503 e. The molecule has 5 nitrogen and oxygen atoms in total. The van der Waals surface area contributed by atoms with Crippen molar-refractivity contribution < 1.29 is 27.5 Å². The molecule has 2 aliphatic rings. The third kappa shape index (κ3) is 3.92. The normalized spacial score (nSPS) is 20.3. The fourth-order valence-electron chi connectivity index (χ4n) is 5.00. The van der Waals surface area contributed by atoms with Crippen LogP contribution >= 0.6 is 27.7 Å². The first-order valence-corrected chi connectivity index (χ1v) is 12.8. The molecular weight excluding hydrogens is 564 g/mol. The molecule has 3 aromatic rings. The summed E-state index contributed by atoms with van der Waals surface area (Å²) in [6, 6.07) is 8.09. The van der Waals surface area contributed by atoms with Gasteiger partial charge >= 0.3 is 6.18 Å². The standard InChI is InChI=1S/C25H19BrF4N2O3S/c1-12(25(28,29)30)32-10-17(31-9-8-18(33)22(34)21(31)24(32)35)20-14-5-3-7-16(27)23(14)36-11-13-4-2-6-15(26)19(13)20/h2-9,12,17,20,34H,10-11H2,1H3/t12-,17?,20+/m1/s1. The Labute approximate surface area is 215 Å². The second-order valence-electron chi connectivity index (χ2n) is 8.76. The number of nitrogens with zero attached hydrogens (tertiary/aromatic N) is 2. The number of hydrogen-bond acceptors (Lipinski definition) is 4. The minimum absolute atomic E-state index is 0.365. The zero-order chi connectivity index (χ0) is 25.9. The van der Waals surface area contributed by atoms with Crippen LogP contribution in [0.2, 0.25) is 0 Å². The number of carbonyl (C=O) groups excluding carboxylic acids is 1. The molecule has 2 aromatic carbocycles. The van der Waals surface area contributed by atoms with Gasteiger partial charge in [0.15, 0.2) is 11.4 Å². The highest BCUT2D eigenvalue weighted by molar-refractivity contribution is 9.10. The molecule has 0 saturated carbocycles. The van der Waals surface area contributed by atoms with Gasteiger partial charge in [-0.15, -0.1) is 11.8 Å². The first-order chi connectivity index (χ1) is 17.0. The van der Waals surface area contributed by atoms with Gasteiger partial charge in [-0.2, -0.15) is 13.2 Å². The highest BCUT2D eigenvalue weighted by atomic mass is 79.9. The van der Waals surface area contributed by atoms with Crippen LogP contribution in [0, 0.1) is 5.82 Å². The molecular formula is C25H19BrF4N2O3S. The zero-order valence-electron chi connectivity index (χ0n) is 18.7. The summed E-state index contributed by atoms with van der Waals surface area (Å²) < 4.78 is 58.5. The summed E-state index contributed by atoms with van der Waals surface area (Å²) in [4.78, 5) is 26.4. The van der Waals surface area contributed by atoms with E-state index in [9.17, 15) is 27.9 Å². The van der Waals surface area contributed by atoms with Crippen LogP contribution in [0.4, 0.5) is 17.6 Å². The number of amides is 1. The van der Waals surface area contributed by atoms with Crippen molar-refractivity contribution in [3.05, 3.63) is 91.6 Å². The average molecular weight is 583 g/mol. The molecule has 0 saturated heterocycles. The zero-order valence-corrected chi connectivity index (χ0v) is 21.1. The van der Waals surface area contributed by atoms with Gasteiger partial charge in [0, 0.05) is 39.8 Å². The van der Waals surface area contributed by atoms with Crippen molar-refractivity contribution in [1.29, 1.82) is 0 Å². The maximum absolute atomic E-state index is 15.0. The SMILES string of the molecule is C[C@@H](N1CC([C@@H]2c3cccc(F)c3SCc3cccc(Br)c32)n2ccc(=O)c(O)c2C1=O)C(F)(F)F. The van der Waals surface area contributed by atoms with Gasteiger partial charge in [0.2, 0.25) is 5.43 Å². The van der Waals surface area contributed by atoms with E-state index in [1.165, 1.54) is 34.7 Å². The fourth-order valence-corrected chi connectivity index (χ4v) is 6.77. The van der Waals surface area contributed by atoms with E-state index < -0.39 is 52.8 Å². The van der Waals surface area contributed by atoms with E-state index in [2.05, 4.69) is 15.9 Å². The number of benzene rings is 2. The number of fused-ring (bicyclic) bond motifs is 3. The molecule has 1 aromatic heterocycles. The third-order valence-electron chi connectivity index (χ3n) is 6.79. The lowest BCUT2D eigenvalue weighted by Crippen LogP contribution is -2.54. The van der Waals surface area contributed by atoms with Crippen molar-refractivity contribution >= 4 is 33.6 Å². The van der Waals surface area contributed by atoms with Gasteiger partial charge in [-0.1, -0.05) is 40.2 Å². The summed E-state index contributed by atoms with van der Waals surface area (Å²) in [5, 5.41) is 10.5. The number of alkyl halides is 3. The van der Waals surface area contributed by atoms with Gasteiger partial charge in [0.05, 0.1) is 6.04 Å². The molecule has 0 bridgehead atoms. The molecule has 11 heteroatoms. The molecule has 1 N–H and O–H groups in total. The molecule has 36 heavy (non-hydrogen) atoms. The van der Waals surface area contributed by atoms with Gasteiger partial charge in [-0.25, -0.2) is 4.39 Å². The molecule has 2 aliphatic heterocycles. The van der Waals surface area contributed by atoms with Gasteiger partial charge in [-0.3, -0.25) is 9.59 Å². The Morgan fingerprint density at radius 3 is 2.58 bits per heavy atom. The smallest absolute Gasteiger partial charge is 0.408 e. The highest BCUT2D eigenvalue weighted by Crippen LogP contribution is 2.50. The van der Waals surface area contributed by atoms with E-state index in [1.807, 2.05) is 12.1 Å². The maximum atomic E-state index is 15.0. The van der Waals surface area contributed by atoms with Crippen LogP contribution in [0.1, 0.15) is 46.1 Å². The molecule has 0 fully saturated rings. The molecule has 5 rings (SSSR count). The summed E-state index contributed by atoms with van der Waals surface area (Å²) in [5.74, 6) is -2.74. The van der Waals surface area contributed by atoms with Crippen molar-refractivity contribution in [2.24, 2.45) is 0 Å². The Bertz CT molecular complexity index is 1440. The van der Waals surface area contributed by atoms with Crippen molar-refractivity contribution in [1.82, 2.24) is 9.47 Å². The minimum atomic E-state index is -4.74. The van der Waals surface area contributed by atoms with E-state index in [0.29, 0.717) is 25.6 Å². The maximum Gasteiger partial charge on any atom is 0.408 e. The molecule has 3 heterocycles. The first-order valence-electron chi connectivity index (χ1n) is 11.0. The van der Waals surface area contributed by atoms with Crippen LogP contribution in [-0.2, 0) is 5.75 Å². The fraction of sp³-hybridized carbons (Fsp3) is 0.280. The summed E-state index contributed by atoms with van der Waals surface area (Å²) in [6.07, 6.45) is -3.43. The monoisotopic (exact) mass is 582 g/mol. The molecule has 1 amide bonds. The lowest BCUT2D eigenvalue weighted by Gasteiger charge is -2.43. The molecule has 0 radical (unpaired) electrons. The summed E-state index contributed by atoms with van der Waals surface area (Å²) in [6.45, 7) is 0.490. The van der Waals surface area contributed by atoms with Crippen molar-refractivity contribution in [3.63, 3.8) is 0 Å². The molecule has 0 aliphatic carbocycles. The van der Waals surface area contributed by atoms with Crippen LogP contribution in [-0.4, -0.2) is 39.2 Å². The number of thioether (sulfide) groups is 1. The Kier molecular flexibility index (Phi) is 6.19. The molecule has 3 atom stereocenters. The predicted octanol–water partition coefficient (Wildman–Crippen LogP) is 5.84. The van der Waals surface area contributed by atoms with Crippen molar-refractivity contribution in [2.45, 2.75) is 41.7 Å². The first kappa shape index (κ1) is 24.9. The van der Waals surface area contributed by atoms with E-state index in [1.54, 1.807) is 12.1 Å². The molecule has 188 valence electrons. The van der Waals surface area contributed by atoms with Crippen molar-refractivity contribution in [3.8, 4) is 5.75 Å². The lowest BCUT2D eigenvalue weighted by atomic mass is 9.81. The van der Waals surface area contributed by atoms with Gasteiger partial charge in [-0.05, 0) is 35.7 Å². The predicted molar refractivity (Wildman–Crippen MR) is 130 cm³/mol. The van der Waals surface area contributed by atoms with E-state index in [4.69, 9.17) is 0 Å². The molecule has 1 unspecified atom stereocenters. The number of aromatic hydroxyl groups is 1. The number of pyridine rings is 1. The minimum Gasteiger partial charge on any atom is -0.503 e. The second kappa shape index (κ2) is 8.95. The van der Waals surface area contributed by atoms with E-state index in [0.717, 1.165) is 24.1 Å².